The van der Waals surface area contributed by atoms with Gasteiger partial charge in [-0.3, -0.25) is 4.79 Å². The van der Waals surface area contributed by atoms with Gasteiger partial charge in [0.25, 0.3) is 5.91 Å². The van der Waals surface area contributed by atoms with Gasteiger partial charge in [0.05, 0.1) is 4.88 Å². The van der Waals surface area contributed by atoms with Crippen LogP contribution in [0.5, 0.6) is 0 Å². The van der Waals surface area contributed by atoms with Gasteiger partial charge in [-0.2, -0.15) is 0 Å². The molecule has 16 heavy (non-hydrogen) atoms. The van der Waals surface area contributed by atoms with Gasteiger partial charge in [-0.05, 0) is 18.9 Å². The zero-order chi connectivity index (χ0) is 11.5. The minimum absolute atomic E-state index is 0.0207. The lowest BCUT2D eigenvalue weighted by Crippen LogP contribution is -2.49. The fourth-order valence-corrected chi connectivity index (χ4v) is 3.07. The first-order chi connectivity index (χ1) is 7.66. The van der Waals surface area contributed by atoms with E-state index in [2.05, 4.69) is 17.9 Å². The zero-order valence-electron chi connectivity index (χ0n) is 8.98. The number of nitrogens with one attached hydrogen (secondary N) is 1. The predicted molar refractivity (Wildman–Crippen MR) is 69.3 cm³/mol. The van der Waals surface area contributed by atoms with E-state index in [0.717, 1.165) is 24.2 Å². The van der Waals surface area contributed by atoms with Gasteiger partial charge < -0.3 is 11.1 Å². The SMILES string of the molecule is NC1CCCCC1NC(=O)c1cc(S)cs1. The monoisotopic (exact) mass is 256 g/mol. The van der Waals surface area contributed by atoms with Gasteiger partial charge in [0.15, 0.2) is 0 Å². The van der Waals surface area contributed by atoms with Crippen LogP contribution in [-0.2, 0) is 0 Å². The fraction of sp³-hybridized carbons (Fsp3) is 0.545. The average Bonchev–Trinajstić information content (AvgIpc) is 2.68. The van der Waals surface area contributed by atoms with Crippen molar-refractivity contribution >= 4 is 29.9 Å². The molecule has 0 aliphatic heterocycles. The molecule has 1 heterocycles. The zero-order valence-corrected chi connectivity index (χ0v) is 10.7. The van der Waals surface area contributed by atoms with Crippen LogP contribution in [0, 0.1) is 0 Å². The predicted octanol–water partition coefficient (Wildman–Crippen LogP) is 2.04. The molecule has 88 valence electrons. The molecule has 3 N–H and O–H groups in total. The van der Waals surface area contributed by atoms with E-state index >= 15 is 0 Å². The maximum absolute atomic E-state index is 11.9. The van der Waals surface area contributed by atoms with Crippen LogP contribution < -0.4 is 11.1 Å². The lowest BCUT2D eigenvalue weighted by atomic mass is 9.91. The van der Waals surface area contributed by atoms with Crippen molar-refractivity contribution in [2.24, 2.45) is 5.73 Å². The van der Waals surface area contributed by atoms with Gasteiger partial charge in [0.2, 0.25) is 0 Å². The molecule has 2 atom stereocenters. The molecule has 0 radical (unpaired) electrons. The van der Waals surface area contributed by atoms with E-state index < -0.39 is 0 Å². The highest BCUT2D eigenvalue weighted by molar-refractivity contribution is 7.80. The number of thiophene rings is 1. The third-order valence-electron chi connectivity index (χ3n) is 2.95. The normalized spacial score (nSPS) is 25.4. The van der Waals surface area contributed by atoms with Crippen LogP contribution in [0.1, 0.15) is 35.4 Å². The Hall–Kier alpha value is -0.520. The van der Waals surface area contributed by atoms with E-state index in [1.807, 2.05) is 5.38 Å². The minimum Gasteiger partial charge on any atom is -0.347 e. The first-order valence-corrected chi connectivity index (χ1v) is 6.83. The largest absolute Gasteiger partial charge is 0.347 e. The molecule has 1 aliphatic carbocycles. The molecule has 2 unspecified atom stereocenters. The standard InChI is InChI=1S/C11H16N2OS2/c12-8-3-1-2-4-9(8)13-11(14)10-5-7(15)6-16-10/h5-6,8-9,15H,1-4,12H2,(H,13,14). The Morgan fingerprint density at radius 3 is 2.88 bits per heavy atom. The number of hydrogen-bond donors (Lipinski definition) is 3. The number of amides is 1. The summed E-state index contributed by atoms with van der Waals surface area (Å²) in [5.74, 6) is -0.0207. The fourth-order valence-electron chi connectivity index (χ4n) is 2.02. The molecule has 1 saturated carbocycles. The number of rotatable bonds is 2. The number of thiol groups is 1. The van der Waals surface area contributed by atoms with Crippen LogP contribution in [0.25, 0.3) is 0 Å². The van der Waals surface area contributed by atoms with Gasteiger partial charge in [-0.1, -0.05) is 12.8 Å². The second-order valence-corrected chi connectivity index (χ2v) is 5.63. The van der Waals surface area contributed by atoms with Crippen LogP contribution in [0.4, 0.5) is 0 Å². The Morgan fingerprint density at radius 2 is 2.25 bits per heavy atom. The third kappa shape index (κ3) is 2.78. The first-order valence-electron chi connectivity index (χ1n) is 5.51. The Morgan fingerprint density at radius 1 is 1.50 bits per heavy atom. The summed E-state index contributed by atoms with van der Waals surface area (Å²) < 4.78 is 0. The van der Waals surface area contributed by atoms with Gasteiger partial charge in [0.1, 0.15) is 0 Å². The van der Waals surface area contributed by atoms with E-state index in [0.29, 0.717) is 4.88 Å². The summed E-state index contributed by atoms with van der Waals surface area (Å²) in [7, 11) is 0. The van der Waals surface area contributed by atoms with E-state index in [1.54, 1.807) is 6.07 Å². The number of carbonyl (C=O) groups excluding carboxylic acids is 1. The van der Waals surface area contributed by atoms with Crippen LogP contribution >= 0.6 is 24.0 Å². The van der Waals surface area contributed by atoms with Crippen LogP contribution in [0.15, 0.2) is 16.3 Å². The highest BCUT2D eigenvalue weighted by Crippen LogP contribution is 2.20. The van der Waals surface area contributed by atoms with Crippen molar-refractivity contribution in [3.05, 3.63) is 16.3 Å². The summed E-state index contributed by atoms with van der Waals surface area (Å²) in [5.41, 5.74) is 5.98. The molecule has 3 nitrogen and oxygen atoms in total. The topological polar surface area (TPSA) is 55.1 Å². The van der Waals surface area contributed by atoms with Gasteiger partial charge >= 0.3 is 0 Å². The lowest BCUT2D eigenvalue weighted by molar-refractivity contribution is 0.0925. The molecule has 1 aromatic rings. The minimum atomic E-state index is -0.0207. The summed E-state index contributed by atoms with van der Waals surface area (Å²) in [5, 5.41) is 4.87. The maximum Gasteiger partial charge on any atom is 0.261 e. The number of nitrogens with two attached hydrogens (primary N) is 1. The summed E-state index contributed by atoms with van der Waals surface area (Å²) in [6, 6.07) is 2.03. The van der Waals surface area contributed by atoms with Crippen LogP contribution in [0.2, 0.25) is 0 Å². The van der Waals surface area contributed by atoms with Crippen molar-refractivity contribution in [1.29, 1.82) is 0 Å². The molecular weight excluding hydrogens is 240 g/mol. The van der Waals surface area contributed by atoms with Gasteiger partial charge in [0, 0.05) is 22.4 Å². The Labute approximate surface area is 105 Å². The Kier molecular flexibility index (Phi) is 3.89. The molecule has 0 spiro atoms. The molecule has 5 heteroatoms. The van der Waals surface area contributed by atoms with E-state index in [-0.39, 0.29) is 18.0 Å². The Balaban J connectivity index is 1.96. The number of hydrogen-bond acceptors (Lipinski definition) is 4. The second-order valence-electron chi connectivity index (χ2n) is 4.20. The van der Waals surface area contributed by atoms with E-state index in [9.17, 15) is 4.79 Å². The summed E-state index contributed by atoms with van der Waals surface area (Å²) in [6.45, 7) is 0. The molecule has 1 fully saturated rings. The quantitative estimate of drug-likeness (QED) is 0.709. The van der Waals surface area contributed by atoms with Gasteiger partial charge in [-0.15, -0.1) is 24.0 Å². The van der Waals surface area contributed by atoms with Crippen molar-refractivity contribution in [3.63, 3.8) is 0 Å². The lowest BCUT2D eigenvalue weighted by Gasteiger charge is -2.29. The van der Waals surface area contributed by atoms with Crippen molar-refractivity contribution in [3.8, 4) is 0 Å². The summed E-state index contributed by atoms with van der Waals surface area (Å²) in [4.78, 5) is 13.4. The molecule has 2 rings (SSSR count). The van der Waals surface area contributed by atoms with Crippen molar-refractivity contribution in [2.45, 2.75) is 42.7 Å². The van der Waals surface area contributed by atoms with Crippen molar-refractivity contribution in [2.75, 3.05) is 0 Å². The second kappa shape index (κ2) is 5.21. The molecule has 1 aliphatic rings. The van der Waals surface area contributed by atoms with E-state index in [1.165, 1.54) is 17.8 Å². The summed E-state index contributed by atoms with van der Waals surface area (Å²) in [6.07, 6.45) is 4.33. The number of carbonyl (C=O) groups is 1. The van der Waals surface area contributed by atoms with Crippen LogP contribution in [0.3, 0.4) is 0 Å². The highest BCUT2D eigenvalue weighted by atomic mass is 32.1. The van der Waals surface area contributed by atoms with Gasteiger partial charge in [-0.25, -0.2) is 0 Å². The van der Waals surface area contributed by atoms with E-state index in [4.69, 9.17) is 5.73 Å². The van der Waals surface area contributed by atoms with Crippen LogP contribution in [-0.4, -0.2) is 18.0 Å². The third-order valence-corrected chi connectivity index (χ3v) is 4.31. The molecule has 0 aromatic carbocycles. The first kappa shape index (κ1) is 12.0. The molecule has 1 amide bonds. The van der Waals surface area contributed by atoms with Crippen molar-refractivity contribution in [1.82, 2.24) is 5.32 Å². The molecule has 0 saturated heterocycles. The highest BCUT2D eigenvalue weighted by Gasteiger charge is 2.23. The Bertz CT molecular complexity index is 378. The maximum atomic E-state index is 11.9. The molecule has 1 aromatic heterocycles. The smallest absolute Gasteiger partial charge is 0.261 e. The van der Waals surface area contributed by atoms with Crippen molar-refractivity contribution < 1.29 is 4.79 Å². The average molecular weight is 256 g/mol. The molecule has 0 bridgehead atoms. The summed E-state index contributed by atoms with van der Waals surface area (Å²) >= 11 is 5.61. The molecular formula is C11H16N2OS2.